The van der Waals surface area contributed by atoms with Crippen molar-refractivity contribution >= 4 is 5.78 Å². The van der Waals surface area contributed by atoms with Crippen molar-refractivity contribution in [3.63, 3.8) is 0 Å². The molecule has 2 saturated heterocycles. The largest absolute Gasteiger partial charge is 0.375 e. The summed E-state index contributed by atoms with van der Waals surface area (Å²) in [5.41, 5.74) is 0. The maximum absolute atomic E-state index is 11.4. The highest BCUT2D eigenvalue weighted by atomic mass is 16.5. The number of carbonyl (C=O) groups excluding carboxylic acids is 1. The SMILES string of the molecule is N#CCC(=O)C1CC2CCC(C1)O2. The first-order valence-corrected chi connectivity index (χ1v) is 4.84. The topological polar surface area (TPSA) is 50.1 Å². The lowest BCUT2D eigenvalue weighted by Gasteiger charge is -2.26. The van der Waals surface area contributed by atoms with Gasteiger partial charge in [-0.25, -0.2) is 0 Å². The van der Waals surface area contributed by atoms with Crippen molar-refractivity contribution in [3.8, 4) is 6.07 Å². The third kappa shape index (κ3) is 1.73. The molecule has 0 radical (unpaired) electrons. The highest BCUT2D eigenvalue weighted by molar-refractivity contribution is 5.83. The first kappa shape index (κ1) is 8.71. The van der Waals surface area contributed by atoms with Crippen LogP contribution in [0.15, 0.2) is 0 Å². The van der Waals surface area contributed by atoms with Crippen LogP contribution in [-0.4, -0.2) is 18.0 Å². The Labute approximate surface area is 77.7 Å². The van der Waals surface area contributed by atoms with E-state index < -0.39 is 0 Å². The van der Waals surface area contributed by atoms with Crippen LogP contribution >= 0.6 is 0 Å². The lowest BCUT2D eigenvalue weighted by atomic mass is 9.90. The summed E-state index contributed by atoms with van der Waals surface area (Å²) < 4.78 is 5.62. The zero-order chi connectivity index (χ0) is 9.26. The Kier molecular flexibility index (Phi) is 2.32. The van der Waals surface area contributed by atoms with Gasteiger partial charge in [0.1, 0.15) is 5.78 Å². The van der Waals surface area contributed by atoms with E-state index in [-0.39, 0.29) is 18.1 Å². The third-order valence-corrected chi connectivity index (χ3v) is 3.00. The van der Waals surface area contributed by atoms with Gasteiger partial charge >= 0.3 is 0 Å². The van der Waals surface area contributed by atoms with Gasteiger partial charge in [0.25, 0.3) is 0 Å². The molecular weight excluding hydrogens is 166 g/mol. The first-order chi connectivity index (χ1) is 6.29. The van der Waals surface area contributed by atoms with Crippen molar-refractivity contribution in [1.82, 2.24) is 0 Å². The van der Waals surface area contributed by atoms with Gasteiger partial charge in [-0.1, -0.05) is 0 Å². The van der Waals surface area contributed by atoms with Crippen molar-refractivity contribution in [3.05, 3.63) is 0 Å². The molecule has 2 fully saturated rings. The minimum atomic E-state index is 0.0735. The number of hydrogen-bond acceptors (Lipinski definition) is 3. The van der Waals surface area contributed by atoms with Crippen LogP contribution < -0.4 is 0 Å². The van der Waals surface area contributed by atoms with Crippen molar-refractivity contribution in [2.75, 3.05) is 0 Å². The molecule has 2 aliphatic heterocycles. The van der Waals surface area contributed by atoms with E-state index >= 15 is 0 Å². The predicted molar refractivity (Wildman–Crippen MR) is 45.9 cm³/mol. The summed E-state index contributed by atoms with van der Waals surface area (Å²) in [6, 6.07) is 1.92. The predicted octanol–water partition coefficient (Wildman–Crippen LogP) is 1.43. The van der Waals surface area contributed by atoms with Crippen LogP contribution in [0.25, 0.3) is 0 Å². The fraction of sp³-hybridized carbons (Fsp3) is 0.800. The number of ketones is 1. The molecular formula is C10H13NO2. The lowest BCUT2D eigenvalue weighted by molar-refractivity contribution is -0.127. The molecule has 0 aromatic heterocycles. The molecule has 0 aromatic carbocycles. The summed E-state index contributed by atoms with van der Waals surface area (Å²) in [5, 5.41) is 8.41. The Balaban J connectivity index is 1.95. The Bertz CT molecular complexity index is 244. The lowest BCUT2D eigenvalue weighted by Crippen LogP contribution is -2.29. The molecule has 0 aliphatic carbocycles. The molecule has 13 heavy (non-hydrogen) atoms. The molecule has 0 N–H and O–H groups in total. The second-order valence-corrected chi connectivity index (χ2v) is 3.93. The van der Waals surface area contributed by atoms with Crippen LogP contribution in [-0.2, 0) is 9.53 Å². The number of nitriles is 1. The highest BCUT2D eigenvalue weighted by Gasteiger charge is 2.37. The fourth-order valence-electron chi connectivity index (χ4n) is 2.34. The summed E-state index contributed by atoms with van der Waals surface area (Å²) in [6.07, 6.45) is 4.55. The molecule has 0 aromatic rings. The Hall–Kier alpha value is -0.880. The van der Waals surface area contributed by atoms with Crippen LogP contribution in [0.2, 0.25) is 0 Å². The Morgan fingerprint density at radius 3 is 2.54 bits per heavy atom. The summed E-state index contributed by atoms with van der Waals surface area (Å²) in [7, 11) is 0. The number of fused-ring (bicyclic) bond motifs is 2. The van der Waals surface area contributed by atoms with E-state index in [1.165, 1.54) is 0 Å². The van der Waals surface area contributed by atoms with E-state index in [0.29, 0.717) is 12.2 Å². The first-order valence-electron chi connectivity index (χ1n) is 4.84. The molecule has 70 valence electrons. The fourth-order valence-corrected chi connectivity index (χ4v) is 2.34. The minimum absolute atomic E-state index is 0.0735. The zero-order valence-electron chi connectivity index (χ0n) is 7.53. The third-order valence-electron chi connectivity index (χ3n) is 3.00. The normalized spacial score (nSPS) is 37.0. The van der Waals surface area contributed by atoms with Crippen LogP contribution in [0, 0.1) is 17.2 Å². The molecule has 3 heteroatoms. The highest BCUT2D eigenvalue weighted by Crippen LogP contribution is 2.36. The van der Waals surface area contributed by atoms with Gasteiger partial charge in [-0.3, -0.25) is 4.79 Å². The van der Waals surface area contributed by atoms with Crippen molar-refractivity contribution in [2.45, 2.75) is 44.3 Å². The van der Waals surface area contributed by atoms with Gasteiger partial charge in [-0.15, -0.1) is 0 Å². The van der Waals surface area contributed by atoms with E-state index in [0.717, 1.165) is 25.7 Å². The molecule has 2 unspecified atom stereocenters. The average Bonchev–Trinajstić information content (AvgIpc) is 2.46. The molecule has 0 amide bonds. The van der Waals surface area contributed by atoms with Gasteiger partial charge in [0, 0.05) is 5.92 Å². The quantitative estimate of drug-likeness (QED) is 0.644. The van der Waals surface area contributed by atoms with Gasteiger partial charge in [-0.2, -0.15) is 5.26 Å². The second-order valence-electron chi connectivity index (χ2n) is 3.93. The number of Topliss-reactive ketones (excluding diaryl/α,β-unsaturated/α-hetero) is 1. The number of rotatable bonds is 2. The number of nitrogens with zero attached hydrogens (tertiary/aromatic N) is 1. The second kappa shape index (κ2) is 3.47. The number of hydrogen-bond donors (Lipinski definition) is 0. The van der Waals surface area contributed by atoms with Crippen molar-refractivity contribution in [1.29, 1.82) is 5.26 Å². The zero-order valence-corrected chi connectivity index (χ0v) is 7.53. The van der Waals surface area contributed by atoms with Crippen LogP contribution in [0.4, 0.5) is 0 Å². The van der Waals surface area contributed by atoms with E-state index in [4.69, 9.17) is 10.00 Å². The molecule has 0 spiro atoms. The van der Waals surface area contributed by atoms with Crippen LogP contribution in [0.5, 0.6) is 0 Å². The Morgan fingerprint density at radius 2 is 2.00 bits per heavy atom. The van der Waals surface area contributed by atoms with Gasteiger partial charge < -0.3 is 4.74 Å². The molecule has 2 heterocycles. The van der Waals surface area contributed by atoms with Gasteiger partial charge in [0.05, 0.1) is 24.7 Å². The summed E-state index contributed by atoms with van der Waals surface area (Å²) in [4.78, 5) is 11.4. The van der Waals surface area contributed by atoms with E-state index in [9.17, 15) is 4.79 Å². The minimum Gasteiger partial charge on any atom is -0.375 e. The monoisotopic (exact) mass is 179 g/mol. The molecule has 2 aliphatic rings. The summed E-state index contributed by atoms with van der Waals surface area (Å²) >= 11 is 0. The number of carbonyl (C=O) groups is 1. The molecule has 2 bridgehead atoms. The maximum atomic E-state index is 11.4. The molecule has 2 atom stereocenters. The molecule has 2 rings (SSSR count). The van der Waals surface area contributed by atoms with E-state index in [1.54, 1.807) is 0 Å². The standard InChI is InChI=1S/C10H13NO2/c11-4-3-10(12)7-5-8-1-2-9(6-7)13-8/h7-9H,1-3,5-6H2. The van der Waals surface area contributed by atoms with Crippen LogP contribution in [0.3, 0.4) is 0 Å². The average molecular weight is 179 g/mol. The summed E-state index contributed by atoms with van der Waals surface area (Å²) in [5.74, 6) is 0.216. The Morgan fingerprint density at radius 1 is 1.38 bits per heavy atom. The van der Waals surface area contributed by atoms with Gasteiger partial charge in [0.2, 0.25) is 0 Å². The van der Waals surface area contributed by atoms with E-state index in [2.05, 4.69) is 0 Å². The maximum Gasteiger partial charge on any atom is 0.150 e. The van der Waals surface area contributed by atoms with Gasteiger partial charge in [-0.05, 0) is 25.7 Å². The molecule has 3 nitrogen and oxygen atoms in total. The smallest absolute Gasteiger partial charge is 0.150 e. The van der Waals surface area contributed by atoms with Crippen molar-refractivity contribution in [2.24, 2.45) is 5.92 Å². The number of ether oxygens (including phenoxy) is 1. The summed E-state index contributed by atoms with van der Waals surface area (Å²) in [6.45, 7) is 0. The molecule has 0 saturated carbocycles. The van der Waals surface area contributed by atoms with Crippen LogP contribution in [0.1, 0.15) is 32.1 Å². The van der Waals surface area contributed by atoms with E-state index in [1.807, 2.05) is 6.07 Å². The van der Waals surface area contributed by atoms with Crippen molar-refractivity contribution < 1.29 is 9.53 Å². The van der Waals surface area contributed by atoms with Gasteiger partial charge in [0.15, 0.2) is 0 Å².